The third-order valence-corrected chi connectivity index (χ3v) is 1.41. The molecular formula is C3H7IO3S. The second-order valence-electron chi connectivity index (χ2n) is 1.22. The quantitative estimate of drug-likeness (QED) is 0.413. The van der Waals surface area contributed by atoms with E-state index in [1.807, 2.05) is 22.6 Å². The molecule has 0 saturated heterocycles. The van der Waals surface area contributed by atoms with E-state index in [4.69, 9.17) is 0 Å². The van der Waals surface area contributed by atoms with Crippen LogP contribution in [0, 0.1) is 0 Å². The molecule has 8 heavy (non-hydrogen) atoms. The standard InChI is InChI=1S/C3H7IO3S/c1-8(5,6)7-3-2-4/h2-3H2,1H3. The summed E-state index contributed by atoms with van der Waals surface area (Å²) in [5, 5.41) is 0. The predicted molar refractivity (Wildman–Crippen MR) is 39.7 cm³/mol. The van der Waals surface area contributed by atoms with Gasteiger partial charge in [-0.15, -0.1) is 0 Å². The van der Waals surface area contributed by atoms with Crippen LogP contribution in [0.15, 0.2) is 0 Å². The van der Waals surface area contributed by atoms with Crippen molar-refractivity contribution in [3.05, 3.63) is 0 Å². The van der Waals surface area contributed by atoms with Gasteiger partial charge in [0, 0.05) is 4.43 Å². The molecule has 0 bridgehead atoms. The first-order valence-electron chi connectivity index (χ1n) is 1.96. The van der Waals surface area contributed by atoms with Crippen molar-refractivity contribution in [3.8, 4) is 0 Å². The predicted octanol–water partition coefficient (Wildman–Crippen LogP) is 0.398. The summed E-state index contributed by atoms with van der Waals surface area (Å²) in [5.74, 6) is 0. The lowest BCUT2D eigenvalue weighted by molar-refractivity contribution is 0.347. The minimum atomic E-state index is -3.19. The van der Waals surface area contributed by atoms with Gasteiger partial charge in [-0.25, -0.2) is 0 Å². The maximum Gasteiger partial charge on any atom is 0.264 e. The Labute approximate surface area is 62.7 Å². The average molecular weight is 250 g/mol. The van der Waals surface area contributed by atoms with Gasteiger partial charge >= 0.3 is 0 Å². The van der Waals surface area contributed by atoms with E-state index in [0.717, 1.165) is 6.26 Å². The van der Waals surface area contributed by atoms with E-state index in [2.05, 4.69) is 4.18 Å². The average Bonchev–Trinajstić information content (AvgIpc) is 1.59. The van der Waals surface area contributed by atoms with E-state index in [9.17, 15) is 8.42 Å². The van der Waals surface area contributed by atoms with Crippen LogP contribution in [-0.4, -0.2) is 25.7 Å². The number of hydrogen-bond donors (Lipinski definition) is 0. The molecule has 0 radical (unpaired) electrons. The Hall–Kier alpha value is 0.640. The minimum absolute atomic E-state index is 0.277. The van der Waals surface area contributed by atoms with Gasteiger partial charge < -0.3 is 0 Å². The van der Waals surface area contributed by atoms with Crippen LogP contribution in [0.1, 0.15) is 0 Å². The number of alkyl halides is 1. The van der Waals surface area contributed by atoms with E-state index < -0.39 is 10.1 Å². The van der Waals surface area contributed by atoms with Crippen LogP contribution in [0.5, 0.6) is 0 Å². The van der Waals surface area contributed by atoms with E-state index in [1.54, 1.807) is 0 Å². The van der Waals surface area contributed by atoms with Crippen molar-refractivity contribution in [1.29, 1.82) is 0 Å². The highest BCUT2D eigenvalue weighted by Gasteiger charge is 1.97. The molecular weight excluding hydrogens is 243 g/mol. The number of halogens is 1. The zero-order valence-electron chi connectivity index (χ0n) is 4.43. The molecule has 5 heteroatoms. The fourth-order valence-electron chi connectivity index (χ4n) is 0.183. The van der Waals surface area contributed by atoms with Gasteiger partial charge in [-0.3, -0.25) is 4.18 Å². The first-order valence-corrected chi connectivity index (χ1v) is 5.31. The lowest BCUT2D eigenvalue weighted by atomic mass is 10.9. The summed E-state index contributed by atoms with van der Waals surface area (Å²) < 4.78 is 25.4. The van der Waals surface area contributed by atoms with E-state index in [-0.39, 0.29) is 6.61 Å². The van der Waals surface area contributed by atoms with E-state index in [0.29, 0.717) is 4.43 Å². The molecule has 0 fully saturated rings. The minimum Gasteiger partial charge on any atom is -0.270 e. The van der Waals surface area contributed by atoms with Crippen LogP contribution in [0.3, 0.4) is 0 Å². The Morgan fingerprint density at radius 3 is 2.25 bits per heavy atom. The third-order valence-electron chi connectivity index (χ3n) is 0.375. The van der Waals surface area contributed by atoms with E-state index >= 15 is 0 Å². The number of rotatable bonds is 3. The monoisotopic (exact) mass is 250 g/mol. The van der Waals surface area contributed by atoms with Crippen LogP contribution in [0.25, 0.3) is 0 Å². The van der Waals surface area contributed by atoms with Gasteiger partial charge in [0.2, 0.25) is 0 Å². The van der Waals surface area contributed by atoms with Crippen LogP contribution in [-0.2, 0) is 14.3 Å². The number of hydrogen-bond acceptors (Lipinski definition) is 3. The molecule has 0 unspecified atom stereocenters. The SMILES string of the molecule is CS(=O)(=O)OCCI. The molecule has 0 aliphatic heterocycles. The zero-order valence-corrected chi connectivity index (χ0v) is 7.40. The highest BCUT2D eigenvalue weighted by atomic mass is 127. The lowest BCUT2D eigenvalue weighted by Gasteiger charge is -1.93. The van der Waals surface area contributed by atoms with E-state index in [1.165, 1.54) is 0 Å². The largest absolute Gasteiger partial charge is 0.270 e. The summed E-state index contributed by atoms with van der Waals surface area (Å²) in [6, 6.07) is 0. The molecule has 0 aliphatic rings. The molecule has 0 N–H and O–H groups in total. The highest BCUT2D eigenvalue weighted by Crippen LogP contribution is 1.88. The van der Waals surface area contributed by atoms with Crippen molar-refractivity contribution in [2.24, 2.45) is 0 Å². The molecule has 50 valence electrons. The molecule has 0 aromatic carbocycles. The summed E-state index contributed by atoms with van der Waals surface area (Å²) >= 11 is 2.04. The van der Waals surface area contributed by atoms with Crippen molar-refractivity contribution in [2.45, 2.75) is 0 Å². The van der Waals surface area contributed by atoms with Crippen molar-refractivity contribution in [3.63, 3.8) is 0 Å². The molecule has 0 aromatic rings. The van der Waals surface area contributed by atoms with Gasteiger partial charge in [0.05, 0.1) is 12.9 Å². The van der Waals surface area contributed by atoms with Crippen molar-refractivity contribution >= 4 is 32.7 Å². The van der Waals surface area contributed by atoms with Crippen molar-refractivity contribution in [1.82, 2.24) is 0 Å². The Balaban J connectivity index is 3.42. The summed E-state index contributed by atoms with van der Waals surface area (Å²) in [7, 11) is -3.19. The Morgan fingerprint density at radius 2 is 2.12 bits per heavy atom. The maximum atomic E-state index is 10.2. The van der Waals surface area contributed by atoms with Gasteiger partial charge in [0.25, 0.3) is 10.1 Å². The van der Waals surface area contributed by atoms with Gasteiger partial charge in [-0.05, 0) is 0 Å². The Kier molecular flexibility index (Phi) is 3.91. The fraction of sp³-hybridized carbons (Fsp3) is 1.00. The van der Waals surface area contributed by atoms with Crippen LogP contribution in [0.2, 0.25) is 0 Å². The molecule has 0 atom stereocenters. The Bertz CT molecular complexity index is 139. The molecule has 0 heterocycles. The molecule has 3 nitrogen and oxygen atoms in total. The maximum absolute atomic E-state index is 10.2. The normalized spacial score (nSPS) is 11.8. The van der Waals surface area contributed by atoms with Gasteiger partial charge in [-0.2, -0.15) is 8.42 Å². The summed E-state index contributed by atoms with van der Waals surface area (Å²) in [6.45, 7) is 0.277. The fourth-order valence-corrected chi connectivity index (χ4v) is 1.09. The third kappa shape index (κ3) is 6.64. The molecule has 0 amide bonds. The van der Waals surface area contributed by atoms with Gasteiger partial charge in [-0.1, -0.05) is 22.6 Å². The molecule has 0 spiro atoms. The van der Waals surface area contributed by atoms with Crippen LogP contribution >= 0.6 is 22.6 Å². The van der Waals surface area contributed by atoms with Crippen molar-refractivity contribution < 1.29 is 12.6 Å². The topological polar surface area (TPSA) is 43.4 Å². The van der Waals surface area contributed by atoms with Crippen molar-refractivity contribution in [2.75, 3.05) is 17.3 Å². The van der Waals surface area contributed by atoms with Gasteiger partial charge in [0.15, 0.2) is 0 Å². The smallest absolute Gasteiger partial charge is 0.264 e. The first kappa shape index (κ1) is 8.64. The molecule has 0 aliphatic carbocycles. The zero-order chi connectivity index (χ0) is 6.62. The lowest BCUT2D eigenvalue weighted by Crippen LogP contribution is -2.04. The second-order valence-corrected chi connectivity index (χ2v) is 3.94. The highest BCUT2D eigenvalue weighted by molar-refractivity contribution is 14.1. The summed E-state index contributed by atoms with van der Waals surface area (Å²) in [6.07, 6.45) is 1.04. The van der Waals surface area contributed by atoms with Gasteiger partial charge in [0.1, 0.15) is 0 Å². The molecule has 0 rings (SSSR count). The van der Waals surface area contributed by atoms with Crippen LogP contribution in [0.4, 0.5) is 0 Å². The molecule has 0 saturated carbocycles. The van der Waals surface area contributed by atoms with Crippen LogP contribution < -0.4 is 0 Å². The molecule has 0 aromatic heterocycles. The summed E-state index contributed by atoms with van der Waals surface area (Å²) in [5.41, 5.74) is 0. The first-order chi connectivity index (χ1) is 3.56. The Morgan fingerprint density at radius 1 is 1.62 bits per heavy atom. The second kappa shape index (κ2) is 3.62. The summed E-state index contributed by atoms with van der Waals surface area (Å²) in [4.78, 5) is 0.